The molecule has 2 aromatic rings. The lowest BCUT2D eigenvalue weighted by Gasteiger charge is -2.47. The van der Waals surface area contributed by atoms with Crippen molar-refractivity contribution in [3.63, 3.8) is 0 Å². The lowest BCUT2D eigenvalue weighted by Crippen LogP contribution is -2.63. The van der Waals surface area contributed by atoms with Gasteiger partial charge in [-0.05, 0) is 47.9 Å². The molecule has 0 amide bonds. The summed E-state index contributed by atoms with van der Waals surface area (Å²) >= 11 is 0. The number of methoxy groups -OCH3 is 2. The van der Waals surface area contributed by atoms with Crippen LogP contribution >= 0.6 is 0 Å². The minimum Gasteiger partial charge on any atom is -0.502 e. The molecule has 15 heteroatoms. The molecular formula is C29H32N2O13. The Morgan fingerprint density at radius 2 is 1.55 bits per heavy atom. The van der Waals surface area contributed by atoms with Crippen molar-refractivity contribution in [2.24, 2.45) is 11.8 Å². The smallest absolute Gasteiger partial charge is 0.310 e. The SMILES string of the molecule is COc1cc([C@@H]2c3cc4c(cc3C(O[C@@H]3O[C@@H]5CO[C@@H](C)O[C@H]5[C@H](O)[C@H]3O)C3COC(=O)[C@@H]32)OCO4)cc(OC)c1O.N#N. The zero-order valence-electron chi connectivity index (χ0n) is 24.0. The topological polar surface area (TPSA) is 208 Å². The number of carbonyl (C=O) groups excluding carboxylic acids is 1. The monoisotopic (exact) mass is 616 g/mol. The molecule has 0 radical (unpaired) electrons. The Kier molecular flexibility index (Phi) is 8.14. The summed E-state index contributed by atoms with van der Waals surface area (Å²) in [6, 6.07) is 6.93. The van der Waals surface area contributed by atoms with Gasteiger partial charge in [-0.3, -0.25) is 4.79 Å². The van der Waals surface area contributed by atoms with Crippen LogP contribution in [0.25, 0.3) is 0 Å². The van der Waals surface area contributed by atoms with E-state index in [1.54, 1.807) is 31.2 Å². The van der Waals surface area contributed by atoms with Gasteiger partial charge >= 0.3 is 5.97 Å². The Morgan fingerprint density at radius 1 is 0.886 bits per heavy atom. The highest BCUT2D eigenvalue weighted by molar-refractivity contribution is 5.79. The van der Waals surface area contributed by atoms with E-state index < -0.39 is 66.8 Å². The number of aliphatic hydroxyl groups excluding tert-OH is 2. The van der Waals surface area contributed by atoms with E-state index in [1.165, 1.54) is 14.2 Å². The summed E-state index contributed by atoms with van der Waals surface area (Å²) in [6.45, 7) is 1.93. The third kappa shape index (κ3) is 4.84. The zero-order chi connectivity index (χ0) is 31.3. The predicted octanol–water partition coefficient (Wildman–Crippen LogP) is 1.37. The molecule has 2 unspecified atom stereocenters. The summed E-state index contributed by atoms with van der Waals surface area (Å²) in [4.78, 5) is 13.4. The fourth-order valence-corrected chi connectivity index (χ4v) is 6.74. The van der Waals surface area contributed by atoms with Crippen LogP contribution in [-0.4, -0.2) is 92.5 Å². The molecule has 4 aliphatic heterocycles. The van der Waals surface area contributed by atoms with Crippen LogP contribution in [0.15, 0.2) is 24.3 Å². The number of phenolic OH excluding ortho intramolecular Hbond substituents is 1. The molecule has 2 aromatic carbocycles. The normalized spacial score (nSPS) is 34.8. The Labute approximate surface area is 251 Å². The Balaban J connectivity index is 0.00000168. The maximum absolute atomic E-state index is 13.4. The van der Waals surface area contributed by atoms with Crippen LogP contribution in [0.4, 0.5) is 0 Å². The van der Waals surface area contributed by atoms with E-state index >= 15 is 0 Å². The van der Waals surface area contributed by atoms with Crippen molar-refractivity contribution in [1.29, 1.82) is 10.8 Å². The van der Waals surface area contributed by atoms with Crippen molar-refractivity contribution < 1.29 is 62.7 Å². The van der Waals surface area contributed by atoms with Gasteiger partial charge in [0.05, 0.1) is 39.5 Å². The van der Waals surface area contributed by atoms with Crippen LogP contribution in [-0.2, 0) is 28.5 Å². The van der Waals surface area contributed by atoms with Gasteiger partial charge in [-0.1, -0.05) is 0 Å². The number of cyclic esters (lactones) is 1. The molecule has 7 rings (SSSR count). The van der Waals surface area contributed by atoms with Crippen molar-refractivity contribution in [1.82, 2.24) is 0 Å². The summed E-state index contributed by atoms with van der Waals surface area (Å²) in [7, 11) is 2.86. The van der Waals surface area contributed by atoms with E-state index in [4.69, 9.17) is 53.4 Å². The highest BCUT2D eigenvalue weighted by Crippen LogP contribution is 2.57. The highest BCUT2D eigenvalue weighted by Gasteiger charge is 2.56. The fourth-order valence-electron chi connectivity index (χ4n) is 6.74. The van der Waals surface area contributed by atoms with E-state index in [9.17, 15) is 20.1 Å². The Hall–Kier alpha value is -3.91. The van der Waals surface area contributed by atoms with Crippen LogP contribution in [0, 0.1) is 22.6 Å². The third-order valence-corrected chi connectivity index (χ3v) is 8.75. The molecule has 5 aliphatic rings. The zero-order valence-corrected chi connectivity index (χ0v) is 24.0. The molecule has 0 saturated carbocycles. The molecule has 0 bridgehead atoms. The van der Waals surface area contributed by atoms with Gasteiger partial charge in [-0.2, -0.15) is 0 Å². The van der Waals surface area contributed by atoms with Crippen molar-refractivity contribution >= 4 is 5.97 Å². The summed E-state index contributed by atoms with van der Waals surface area (Å²) in [5.74, 6) is -1.02. The van der Waals surface area contributed by atoms with Gasteiger partial charge in [-0.15, -0.1) is 0 Å². The van der Waals surface area contributed by atoms with E-state index in [0.29, 0.717) is 28.2 Å². The van der Waals surface area contributed by atoms with Crippen LogP contribution in [0.5, 0.6) is 28.7 Å². The number of hydrogen-bond acceptors (Lipinski definition) is 15. The van der Waals surface area contributed by atoms with Gasteiger partial charge in [-0.25, -0.2) is 0 Å². The lowest BCUT2D eigenvalue weighted by molar-refractivity contribution is -0.364. The quantitative estimate of drug-likeness (QED) is 0.320. The second kappa shape index (κ2) is 11.9. The minimum absolute atomic E-state index is 0.0301. The molecule has 15 nitrogen and oxygen atoms in total. The van der Waals surface area contributed by atoms with Crippen molar-refractivity contribution in [2.45, 2.75) is 55.9 Å². The molecule has 10 atom stereocenters. The summed E-state index contributed by atoms with van der Waals surface area (Å²) in [5, 5.41) is 44.5. The first-order valence-electron chi connectivity index (χ1n) is 14.0. The van der Waals surface area contributed by atoms with Crippen molar-refractivity contribution in [3.05, 3.63) is 41.0 Å². The molecule has 3 fully saturated rings. The standard InChI is InChI=1S/C29H32O13.N2/c1-11-36-9-20-27(40-11)24(31)25(32)29(41-20)42-26-14-7-17-16(38-10-39-17)6-13(14)21(22-15(26)8-37-28(22)33)12-4-18(34-2)23(30)19(5-12)35-3;1-2/h4-7,11,15,20-22,24-27,29-32H,8-10H2,1-3H3;/t11-,15?,20-,21-,22+,24-,25-,26?,27-,29+;/m1./s1. The number of ether oxygens (including phenoxy) is 9. The van der Waals surface area contributed by atoms with E-state index in [2.05, 4.69) is 0 Å². The number of rotatable bonds is 5. The maximum Gasteiger partial charge on any atom is 0.310 e. The van der Waals surface area contributed by atoms with Crippen LogP contribution in [0.1, 0.15) is 35.6 Å². The first-order chi connectivity index (χ1) is 21.3. The van der Waals surface area contributed by atoms with E-state index in [-0.39, 0.29) is 37.3 Å². The molecule has 3 saturated heterocycles. The molecular weight excluding hydrogens is 584 g/mol. The van der Waals surface area contributed by atoms with Crippen LogP contribution in [0.3, 0.4) is 0 Å². The second-order valence-electron chi connectivity index (χ2n) is 11.0. The molecule has 4 heterocycles. The Morgan fingerprint density at radius 3 is 2.20 bits per heavy atom. The third-order valence-electron chi connectivity index (χ3n) is 8.75. The van der Waals surface area contributed by atoms with E-state index in [1.807, 2.05) is 0 Å². The molecule has 0 spiro atoms. The summed E-state index contributed by atoms with van der Waals surface area (Å²) in [5.41, 5.74) is 2.01. The molecule has 236 valence electrons. The predicted molar refractivity (Wildman–Crippen MR) is 142 cm³/mol. The van der Waals surface area contributed by atoms with Gasteiger partial charge in [0.25, 0.3) is 0 Å². The van der Waals surface area contributed by atoms with Crippen molar-refractivity contribution in [2.75, 3.05) is 34.2 Å². The number of hydrogen-bond donors (Lipinski definition) is 3. The number of fused-ring (bicyclic) bond motifs is 4. The number of esters is 1. The van der Waals surface area contributed by atoms with Crippen molar-refractivity contribution in [3.8, 4) is 28.7 Å². The summed E-state index contributed by atoms with van der Waals surface area (Å²) in [6.07, 6.45) is -6.80. The van der Waals surface area contributed by atoms with Gasteiger partial charge in [0, 0.05) is 22.6 Å². The minimum atomic E-state index is -1.44. The summed E-state index contributed by atoms with van der Waals surface area (Å²) < 4.78 is 51.5. The van der Waals surface area contributed by atoms with E-state index in [0.717, 1.165) is 0 Å². The average Bonchev–Trinajstić information content (AvgIpc) is 3.66. The fraction of sp³-hybridized carbons (Fsp3) is 0.552. The number of aromatic hydroxyl groups is 1. The molecule has 0 aromatic heterocycles. The maximum atomic E-state index is 13.4. The molecule has 1 aliphatic carbocycles. The second-order valence-corrected chi connectivity index (χ2v) is 11.0. The van der Waals surface area contributed by atoms with Gasteiger partial charge < -0.3 is 58.0 Å². The number of phenols is 1. The first kappa shape index (κ1) is 30.1. The van der Waals surface area contributed by atoms with Crippen LogP contribution in [0.2, 0.25) is 0 Å². The van der Waals surface area contributed by atoms with Gasteiger partial charge in [0.1, 0.15) is 24.4 Å². The number of aliphatic hydroxyl groups is 2. The van der Waals surface area contributed by atoms with Crippen LogP contribution < -0.4 is 18.9 Å². The lowest BCUT2D eigenvalue weighted by atomic mass is 9.66. The first-order valence-corrected chi connectivity index (χ1v) is 14.0. The molecule has 44 heavy (non-hydrogen) atoms. The number of benzene rings is 2. The van der Waals surface area contributed by atoms with Gasteiger partial charge in [0.2, 0.25) is 12.5 Å². The Bertz CT molecular complexity index is 1410. The number of nitrogens with zero attached hydrogens (tertiary/aromatic N) is 2. The van der Waals surface area contributed by atoms with Gasteiger partial charge in [0.15, 0.2) is 35.6 Å². The largest absolute Gasteiger partial charge is 0.502 e. The number of carbonyl (C=O) groups is 1. The molecule has 3 N–H and O–H groups in total. The highest BCUT2D eigenvalue weighted by atomic mass is 16.8. The average molecular weight is 617 g/mol.